The van der Waals surface area contributed by atoms with E-state index in [-0.39, 0.29) is 11.6 Å². The molecule has 0 heterocycles. The number of non-ortho nitro benzene ring substituents is 1. The highest BCUT2D eigenvalue weighted by Crippen LogP contribution is 2.27. The highest BCUT2D eigenvalue weighted by Gasteiger charge is 2.16. The molecule has 0 aliphatic rings. The minimum atomic E-state index is -0.453. The standard InChI is InChI=1S/C16H16N2O3S/c1-2-22-15-10-13(18(20)21)8-9-14(15)16(19)17-11-12-6-4-3-5-7-12/h3-10H,2,11H2,1H3,(H,17,19). The number of nitro groups is 1. The molecule has 0 fully saturated rings. The van der Waals surface area contributed by atoms with Gasteiger partial charge in [0.15, 0.2) is 0 Å². The quantitative estimate of drug-likeness (QED) is 0.502. The Morgan fingerprint density at radius 3 is 2.59 bits per heavy atom. The average molecular weight is 316 g/mol. The summed E-state index contributed by atoms with van der Waals surface area (Å²) in [6.45, 7) is 2.36. The van der Waals surface area contributed by atoms with Crippen LogP contribution in [0, 0.1) is 10.1 Å². The minimum absolute atomic E-state index is 0.00411. The highest BCUT2D eigenvalue weighted by atomic mass is 32.2. The molecular formula is C16H16N2O3S. The van der Waals surface area contributed by atoms with E-state index in [4.69, 9.17) is 0 Å². The van der Waals surface area contributed by atoms with Gasteiger partial charge < -0.3 is 5.32 Å². The van der Waals surface area contributed by atoms with Crippen molar-refractivity contribution in [2.45, 2.75) is 18.4 Å². The van der Waals surface area contributed by atoms with Gasteiger partial charge in [0.05, 0.1) is 10.5 Å². The van der Waals surface area contributed by atoms with E-state index >= 15 is 0 Å². The smallest absolute Gasteiger partial charge is 0.270 e. The summed E-state index contributed by atoms with van der Waals surface area (Å²) in [5.74, 6) is 0.509. The van der Waals surface area contributed by atoms with Crippen molar-refractivity contribution in [2.24, 2.45) is 0 Å². The second kappa shape index (κ2) is 7.61. The molecule has 6 heteroatoms. The molecule has 0 atom stereocenters. The van der Waals surface area contributed by atoms with E-state index in [1.807, 2.05) is 37.3 Å². The van der Waals surface area contributed by atoms with Crippen LogP contribution in [0.5, 0.6) is 0 Å². The zero-order chi connectivity index (χ0) is 15.9. The fourth-order valence-corrected chi connectivity index (χ4v) is 2.79. The summed E-state index contributed by atoms with van der Waals surface area (Å²) in [6.07, 6.45) is 0. The molecule has 0 spiro atoms. The molecule has 0 unspecified atom stereocenters. The first kappa shape index (κ1) is 16.0. The number of carbonyl (C=O) groups excluding carboxylic acids is 1. The fraction of sp³-hybridized carbons (Fsp3) is 0.188. The Morgan fingerprint density at radius 1 is 1.23 bits per heavy atom. The summed E-state index contributed by atoms with van der Waals surface area (Å²) in [7, 11) is 0. The SMILES string of the molecule is CCSc1cc([N+](=O)[O-])ccc1C(=O)NCc1ccccc1. The lowest BCUT2D eigenvalue weighted by molar-refractivity contribution is -0.385. The van der Waals surface area contributed by atoms with Crippen molar-refractivity contribution >= 4 is 23.4 Å². The molecule has 1 amide bonds. The number of rotatable bonds is 6. The average Bonchev–Trinajstić information content (AvgIpc) is 2.54. The molecule has 5 nitrogen and oxygen atoms in total. The Morgan fingerprint density at radius 2 is 1.95 bits per heavy atom. The number of benzene rings is 2. The first-order valence-electron chi connectivity index (χ1n) is 6.85. The van der Waals surface area contributed by atoms with Gasteiger partial charge in [0.2, 0.25) is 0 Å². The number of nitro benzene ring substituents is 1. The van der Waals surface area contributed by atoms with Crippen LogP contribution < -0.4 is 5.32 Å². The van der Waals surface area contributed by atoms with Crippen molar-refractivity contribution in [1.82, 2.24) is 5.32 Å². The van der Waals surface area contributed by atoms with Gasteiger partial charge in [-0.2, -0.15) is 0 Å². The van der Waals surface area contributed by atoms with Crippen molar-refractivity contribution in [2.75, 3.05) is 5.75 Å². The van der Waals surface area contributed by atoms with Crippen molar-refractivity contribution in [3.63, 3.8) is 0 Å². The Kier molecular flexibility index (Phi) is 5.55. The molecule has 0 saturated heterocycles. The van der Waals surface area contributed by atoms with Gasteiger partial charge in [0.1, 0.15) is 0 Å². The van der Waals surface area contributed by atoms with Gasteiger partial charge in [-0.15, -0.1) is 11.8 Å². The lowest BCUT2D eigenvalue weighted by Gasteiger charge is -2.09. The molecule has 114 valence electrons. The monoisotopic (exact) mass is 316 g/mol. The van der Waals surface area contributed by atoms with E-state index in [0.29, 0.717) is 17.0 Å². The lowest BCUT2D eigenvalue weighted by Crippen LogP contribution is -2.23. The molecule has 2 aromatic rings. The molecule has 0 aliphatic carbocycles. The van der Waals surface area contributed by atoms with Crippen LogP contribution in [0.4, 0.5) is 5.69 Å². The van der Waals surface area contributed by atoms with Crippen LogP contribution in [-0.2, 0) is 6.54 Å². The predicted molar refractivity (Wildman–Crippen MR) is 87.1 cm³/mol. The van der Waals surface area contributed by atoms with Gasteiger partial charge in [0, 0.05) is 23.6 Å². The number of amides is 1. The molecule has 0 radical (unpaired) electrons. The van der Waals surface area contributed by atoms with E-state index < -0.39 is 4.92 Å². The molecule has 0 aromatic heterocycles. The van der Waals surface area contributed by atoms with E-state index in [0.717, 1.165) is 11.3 Å². The van der Waals surface area contributed by atoms with Crippen molar-refractivity contribution < 1.29 is 9.72 Å². The number of carbonyl (C=O) groups is 1. The second-order valence-electron chi connectivity index (χ2n) is 4.54. The van der Waals surface area contributed by atoms with Gasteiger partial charge in [0.25, 0.3) is 11.6 Å². The molecule has 0 saturated carbocycles. The van der Waals surface area contributed by atoms with Gasteiger partial charge in [-0.1, -0.05) is 37.3 Å². The van der Waals surface area contributed by atoms with Crippen molar-refractivity contribution in [1.29, 1.82) is 0 Å². The summed E-state index contributed by atoms with van der Waals surface area (Å²) in [5, 5.41) is 13.7. The summed E-state index contributed by atoms with van der Waals surface area (Å²) in [4.78, 5) is 23.3. The number of nitrogens with zero attached hydrogens (tertiary/aromatic N) is 1. The maximum absolute atomic E-state index is 12.3. The number of thioether (sulfide) groups is 1. The maximum Gasteiger partial charge on any atom is 0.270 e. The van der Waals surface area contributed by atoms with Crippen LogP contribution in [-0.4, -0.2) is 16.6 Å². The summed E-state index contributed by atoms with van der Waals surface area (Å²) in [6, 6.07) is 13.9. The summed E-state index contributed by atoms with van der Waals surface area (Å²) < 4.78 is 0. The predicted octanol–water partition coefficient (Wildman–Crippen LogP) is 3.64. The number of nitrogens with one attached hydrogen (secondary N) is 1. The van der Waals surface area contributed by atoms with Crippen LogP contribution in [0.3, 0.4) is 0 Å². The topological polar surface area (TPSA) is 72.2 Å². The zero-order valence-electron chi connectivity index (χ0n) is 12.1. The first-order valence-corrected chi connectivity index (χ1v) is 7.83. The van der Waals surface area contributed by atoms with E-state index in [1.54, 1.807) is 0 Å². The van der Waals surface area contributed by atoms with Crippen LogP contribution in [0.25, 0.3) is 0 Å². The Bertz CT molecular complexity index is 674. The Balaban J connectivity index is 2.15. The van der Waals surface area contributed by atoms with Crippen molar-refractivity contribution in [3.05, 3.63) is 69.8 Å². The molecule has 0 bridgehead atoms. The van der Waals surface area contributed by atoms with Gasteiger partial charge >= 0.3 is 0 Å². The van der Waals surface area contributed by atoms with E-state index in [1.165, 1.54) is 30.0 Å². The van der Waals surface area contributed by atoms with Crippen LogP contribution in [0.2, 0.25) is 0 Å². The van der Waals surface area contributed by atoms with E-state index in [9.17, 15) is 14.9 Å². The number of hydrogen-bond acceptors (Lipinski definition) is 4. The van der Waals surface area contributed by atoms with Crippen molar-refractivity contribution in [3.8, 4) is 0 Å². The molecule has 1 N–H and O–H groups in total. The van der Waals surface area contributed by atoms with Gasteiger partial charge in [-0.25, -0.2) is 0 Å². The fourth-order valence-electron chi connectivity index (χ4n) is 1.96. The summed E-state index contributed by atoms with van der Waals surface area (Å²) in [5.41, 5.74) is 1.46. The first-order chi connectivity index (χ1) is 10.6. The second-order valence-corrected chi connectivity index (χ2v) is 5.84. The van der Waals surface area contributed by atoms with Crippen LogP contribution in [0.15, 0.2) is 53.4 Å². The molecule has 2 rings (SSSR count). The number of hydrogen-bond donors (Lipinski definition) is 1. The third-order valence-corrected chi connectivity index (χ3v) is 3.95. The zero-order valence-corrected chi connectivity index (χ0v) is 12.9. The van der Waals surface area contributed by atoms with Gasteiger partial charge in [-0.05, 0) is 17.4 Å². The minimum Gasteiger partial charge on any atom is -0.348 e. The Labute approximate surface area is 132 Å². The molecule has 22 heavy (non-hydrogen) atoms. The molecule has 0 aliphatic heterocycles. The third kappa shape index (κ3) is 4.08. The Hall–Kier alpha value is -2.34. The largest absolute Gasteiger partial charge is 0.348 e. The summed E-state index contributed by atoms with van der Waals surface area (Å²) >= 11 is 1.42. The lowest BCUT2D eigenvalue weighted by atomic mass is 10.1. The highest BCUT2D eigenvalue weighted by molar-refractivity contribution is 7.99. The third-order valence-electron chi connectivity index (χ3n) is 3.02. The van der Waals surface area contributed by atoms with Crippen LogP contribution >= 0.6 is 11.8 Å². The normalized spacial score (nSPS) is 10.2. The molecule has 2 aromatic carbocycles. The van der Waals surface area contributed by atoms with E-state index in [2.05, 4.69) is 5.32 Å². The van der Waals surface area contributed by atoms with Crippen LogP contribution in [0.1, 0.15) is 22.8 Å². The van der Waals surface area contributed by atoms with Gasteiger partial charge in [-0.3, -0.25) is 14.9 Å². The molecular weight excluding hydrogens is 300 g/mol. The maximum atomic E-state index is 12.3.